The number of amides is 1. The minimum Gasteiger partial charge on any atom is -0.368 e. The Bertz CT molecular complexity index is 909. The predicted molar refractivity (Wildman–Crippen MR) is 92.9 cm³/mol. The van der Waals surface area contributed by atoms with Gasteiger partial charge in [0.1, 0.15) is 0 Å². The van der Waals surface area contributed by atoms with Crippen LogP contribution in [0, 0.1) is 0 Å². The summed E-state index contributed by atoms with van der Waals surface area (Å²) in [5.41, 5.74) is 13.9. The number of hydrogen-bond donors (Lipinski definition) is 3. The molecule has 116 valence electrons. The third kappa shape index (κ3) is 2.93. The van der Waals surface area contributed by atoms with Gasteiger partial charge in [0.2, 0.25) is 5.95 Å². The minimum absolute atomic E-state index is 0.142. The maximum absolute atomic E-state index is 11.8. The Balaban J connectivity index is 2.21. The number of nitrogens with zero attached hydrogens (tertiary/aromatic N) is 2. The van der Waals surface area contributed by atoms with E-state index < -0.39 is 5.91 Å². The van der Waals surface area contributed by atoms with Gasteiger partial charge in [0, 0.05) is 16.2 Å². The minimum atomic E-state index is -0.559. The highest BCUT2D eigenvalue weighted by Crippen LogP contribution is 2.36. The zero-order valence-corrected chi connectivity index (χ0v) is 14.0. The predicted octanol–water partition coefficient (Wildman–Crippen LogP) is 3.24. The number of nitrogens with one attached hydrogen (secondary N) is 1. The largest absolute Gasteiger partial charge is 0.368 e. The molecule has 0 saturated carbocycles. The maximum Gasteiger partial charge on any atom is 0.250 e. The van der Waals surface area contributed by atoms with Gasteiger partial charge in [-0.15, -0.1) is 0 Å². The molecule has 6 nitrogen and oxygen atoms in total. The van der Waals surface area contributed by atoms with Crippen LogP contribution in [0.5, 0.6) is 0 Å². The summed E-state index contributed by atoms with van der Waals surface area (Å²) >= 11 is 9.55. The number of halogens is 2. The molecule has 23 heavy (non-hydrogen) atoms. The summed E-state index contributed by atoms with van der Waals surface area (Å²) in [4.78, 5) is 22.9. The number of benzene rings is 1. The number of primary amides is 1. The molecule has 0 bridgehead atoms. The van der Waals surface area contributed by atoms with Crippen LogP contribution in [0.4, 0.5) is 5.95 Å². The molecule has 0 saturated heterocycles. The number of nitrogens with two attached hydrogens (primary N) is 2. The Labute approximate surface area is 145 Å². The van der Waals surface area contributed by atoms with Crippen molar-refractivity contribution in [1.82, 2.24) is 15.0 Å². The fourth-order valence-corrected chi connectivity index (χ4v) is 2.86. The van der Waals surface area contributed by atoms with Crippen LogP contribution in [0.3, 0.4) is 0 Å². The number of aromatic amines is 1. The van der Waals surface area contributed by atoms with Gasteiger partial charge in [-0.2, -0.15) is 0 Å². The highest BCUT2D eigenvalue weighted by atomic mass is 79.9. The van der Waals surface area contributed by atoms with Gasteiger partial charge in [-0.3, -0.25) is 4.79 Å². The van der Waals surface area contributed by atoms with E-state index in [9.17, 15) is 4.79 Å². The van der Waals surface area contributed by atoms with Gasteiger partial charge in [0.15, 0.2) is 0 Å². The fraction of sp³-hybridized carbons (Fsp3) is 0. The molecule has 0 unspecified atom stereocenters. The third-order valence-electron chi connectivity index (χ3n) is 3.25. The van der Waals surface area contributed by atoms with Crippen molar-refractivity contribution in [2.45, 2.75) is 0 Å². The van der Waals surface area contributed by atoms with Gasteiger partial charge in [0.05, 0.1) is 27.7 Å². The molecule has 2 heterocycles. The van der Waals surface area contributed by atoms with Crippen molar-refractivity contribution in [2.75, 3.05) is 5.73 Å². The molecule has 0 aliphatic carbocycles. The normalized spacial score (nSPS) is 10.7. The molecule has 0 atom stereocenters. The number of rotatable bonds is 3. The summed E-state index contributed by atoms with van der Waals surface area (Å²) in [6.07, 6.45) is 1.54. The van der Waals surface area contributed by atoms with E-state index in [4.69, 9.17) is 23.1 Å². The lowest BCUT2D eigenvalue weighted by molar-refractivity contribution is 0.100. The lowest BCUT2D eigenvalue weighted by atomic mass is 10.1. The molecule has 1 amide bonds. The second kappa shape index (κ2) is 6.02. The van der Waals surface area contributed by atoms with Crippen LogP contribution in [0.2, 0.25) is 5.02 Å². The van der Waals surface area contributed by atoms with Crippen molar-refractivity contribution >= 4 is 39.4 Å². The fourth-order valence-electron chi connectivity index (χ4n) is 2.22. The summed E-state index contributed by atoms with van der Waals surface area (Å²) in [5.74, 6) is -0.417. The Morgan fingerprint density at radius 1 is 1.30 bits per heavy atom. The Hall–Kier alpha value is -2.38. The Kier molecular flexibility index (Phi) is 4.06. The average Bonchev–Trinajstić information content (AvgIpc) is 2.95. The van der Waals surface area contributed by atoms with Crippen molar-refractivity contribution in [2.24, 2.45) is 5.73 Å². The van der Waals surface area contributed by atoms with Crippen molar-refractivity contribution in [3.05, 3.63) is 51.6 Å². The first kappa shape index (κ1) is 15.5. The van der Waals surface area contributed by atoms with E-state index in [1.807, 2.05) is 6.07 Å². The molecule has 3 aromatic rings. The van der Waals surface area contributed by atoms with Crippen LogP contribution in [0.1, 0.15) is 10.4 Å². The monoisotopic (exact) mass is 391 g/mol. The number of anilines is 1. The standard InChI is InChI=1S/C15H11BrClN5O/c16-12-7(2-1-3-9(12)17)13-8(14(18)23)6-11(21-13)10-4-5-20-15(19)22-10/h1-6,21H,(H2,18,23)(H2,19,20,22). The number of aromatic nitrogens is 3. The van der Waals surface area contributed by atoms with Gasteiger partial charge >= 0.3 is 0 Å². The quantitative estimate of drug-likeness (QED) is 0.635. The smallest absolute Gasteiger partial charge is 0.250 e. The average molecular weight is 393 g/mol. The topological polar surface area (TPSA) is 111 Å². The molecule has 1 aromatic carbocycles. The molecule has 0 spiro atoms. The first-order valence-corrected chi connectivity index (χ1v) is 7.70. The molecule has 3 rings (SSSR count). The summed E-state index contributed by atoms with van der Waals surface area (Å²) in [6, 6.07) is 8.67. The van der Waals surface area contributed by atoms with E-state index in [1.165, 1.54) is 6.20 Å². The summed E-state index contributed by atoms with van der Waals surface area (Å²) < 4.78 is 0.666. The number of H-pyrrole nitrogens is 1. The van der Waals surface area contributed by atoms with Crippen molar-refractivity contribution < 1.29 is 4.79 Å². The number of carbonyl (C=O) groups is 1. The number of nitrogen functional groups attached to an aromatic ring is 1. The van der Waals surface area contributed by atoms with Crippen LogP contribution in [-0.2, 0) is 0 Å². The Morgan fingerprint density at radius 2 is 2.09 bits per heavy atom. The van der Waals surface area contributed by atoms with Crippen LogP contribution in [0.25, 0.3) is 22.6 Å². The highest BCUT2D eigenvalue weighted by Gasteiger charge is 2.18. The number of carbonyl (C=O) groups excluding carboxylic acids is 1. The molecule has 8 heteroatoms. The van der Waals surface area contributed by atoms with Crippen LogP contribution < -0.4 is 11.5 Å². The van der Waals surface area contributed by atoms with E-state index >= 15 is 0 Å². The zero-order valence-electron chi connectivity index (χ0n) is 11.7. The van der Waals surface area contributed by atoms with E-state index in [2.05, 4.69) is 30.9 Å². The lowest BCUT2D eigenvalue weighted by Gasteiger charge is -2.06. The zero-order chi connectivity index (χ0) is 16.6. The van der Waals surface area contributed by atoms with Gasteiger partial charge in [-0.1, -0.05) is 23.7 Å². The third-order valence-corrected chi connectivity index (χ3v) is 4.65. The summed E-state index contributed by atoms with van der Waals surface area (Å²) in [5, 5.41) is 0.528. The van der Waals surface area contributed by atoms with Gasteiger partial charge in [0.25, 0.3) is 5.91 Å². The summed E-state index contributed by atoms with van der Waals surface area (Å²) in [7, 11) is 0. The van der Waals surface area contributed by atoms with Gasteiger partial charge in [-0.05, 0) is 34.1 Å². The van der Waals surface area contributed by atoms with Gasteiger partial charge in [-0.25, -0.2) is 9.97 Å². The molecular formula is C15H11BrClN5O. The van der Waals surface area contributed by atoms with Gasteiger partial charge < -0.3 is 16.5 Å². The molecule has 0 radical (unpaired) electrons. The lowest BCUT2D eigenvalue weighted by Crippen LogP contribution is -2.11. The van der Waals surface area contributed by atoms with E-state index in [0.29, 0.717) is 32.1 Å². The van der Waals surface area contributed by atoms with E-state index in [0.717, 1.165) is 5.56 Å². The second-order valence-corrected chi connectivity index (χ2v) is 5.94. The highest BCUT2D eigenvalue weighted by molar-refractivity contribution is 9.10. The first-order valence-electron chi connectivity index (χ1n) is 6.53. The van der Waals surface area contributed by atoms with E-state index in [-0.39, 0.29) is 5.95 Å². The second-order valence-electron chi connectivity index (χ2n) is 4.74. The molecule has 0 fully saturated rings. The molecule has 0 aliphatic rings. The molecule has 5 N–H and O–H groups in total. The summed E-state index contributed by atoms with van der Waals surface area (Å²) in [6.45, 7) is 0. The molecule has 0 aliphatic heterocycles. The van der Waals surface area contributed by atoms with E-state index in [1.54, 1.807) is 24.3 Å². The number of hydrogen-bond acceptors (Lipinski definition) is 4. The van der Waals surface area contributed by atoms with Crippen LogP contribution in [-0.4, -0.2) is 20.9 Å². The van der Waals surface area contributed by atoms with Crippen molar-refractivity contribution in [1.29, 1.82) is 0 Å². The van der Waals surface area contributed by atoms with Crippen molar-refractivity contribution in [3.63, 3.8) is 0 Å². The SMILES string of the molecule is NC(=O)c1cc(-c2ccnc(N)n2)[nH]c1-c1cccc(Cl)c1Br. The first-order chi connectivity index (χ1) is 11.0. The van der Waals surface area contributed by atoms with Crippen molar-refractivity contribution in [3.8, 4) is 22.6 Å². The molecule has 2 aromatic heterocycles. The van der Waals surface area contributed by atoms with Crippen LogP contribution >= 0.6 is 27.5 Å². The molecular weight excluding hydrogens is 382 g/mol. The maximum atomic E-state index is 11.8. The van der Waals surface area contributed by atoms with Crippen LogP contribution in [0.15, 0.2) is 41.0 Å². The Morgan fingerprint density at radius 3 is 2.78 bits per heavy atom.